The Balaban J connectivity index is 2.27. The smallest absolute Gasteiger partial charge is 0.406 e. The van der Waals surface area contributed by atoms with Gasteiger partial charge in [-0.15, -0.1) is 18.3 Å². The predicted octanol–water partition coefficient (Wildman–Crippen LogP) is 3.05. The Morgan fingerprint density at radius 3 is 2.80 bits per heavy atom. The molecule has 2 rings (SSSR count). The molecule has 108 valence electrons. The molecule has 8 heteroatoms. The first kappa shape index (κ1) is 14.7. The number of alkyl halides is 3. The molecule has 0 spiro atoms. The third-order valence-electron chi connectivity index (χ3n) is 2.65. The van der Waals surface area contributed by atoms with E-state index in [4.69, 9.17) is 5.73 Å². The Morgan fingerprint density at radius 1 is 1.40 bits per heavy atom. The van der Waals surface area contributed by atoms with Gasteiger partial charge in [0.1, 0.15) is 5.75 Å². The van der Waals surface area contributed by atoms with Gasteiger partial charge in [-0.2, -0.15) is 0 Å². The van der Waals surface area contributed by atoms with Crippen molar-refractivity contribution in [1.82, 2.24) is 9.59 Å². The Morgan fingerprint density at radius 2 is 2.15 bits per heavy atom. The Bertz CT molecular complexity index is 585. The first-order valence-electron chi connectivity index (χ1n) is 5.83. The quantitative estimate of drug-likeness (QED) is 0.943. The number of ether oxygens (including phenoxy) is 1. The van der Waals surface area contributed by atoms with Crippen molar-refractivity contribution in [3.05, 3.63) is 40.4 Å². The Hall–Kier alpha value is -1.67. The molecule has 2 N–H and O–H groups in total. The fourth-order valence-corrected chi connectivity index (χ4v) is 2.52. The third kappa shape index (κ3) is 3.45. The van der Waals surface area contributed by atoms with Gasteiger partial charge in [-0.1, -0.05) is 23.5 Å². The Kier molecular flexibility index (Phi) is 4.24. The zero-order valence-electron chi connectivity index (χ0n) is 10.5. The minimum absolute atomic E-state index is 0.291. The largest absolute Gasteiger partial charge is 0.573 e. The molecule has 4 nitrogen and oxygen atoms in total. The summed E-state index contributed by atoms with van der Waals surface area (Å²) in [5.41, 5.74) is 7.34. The SMILES string of the molecule is CCc1nnsc1C(N)c1cccc(OC(F)(F)F)c1. The Labute approximate surface area is 117 Å². The molecule has 1 aromatic heterocycles. The normalized spacial score (nSPS) is 13.2. The summed E-state index contributed by atoms with van der Waals surface area (Å²) in [6.45, 7) is 1.91. The van der Waals surface area contributed by atoms with E-state index in [0.29, 0.717) is 12.0 Å². The lowest BCUT2D eigenvalue weighted by Crippen LogP contribution is -2.18. The van der Waals surface area contributed by atoms with E-state index in [1.165, 1.54) is 18.2 Å². The van der Waals surface area contributed by atoms with Crippen LogP contribution >= 0.6 is 11.5 Å². The average molecular weight is 303 g/mol. The van der Waals surface area contributed by atoms with Gasteiger partial charge < -0.3 is 10.5 Å². The summed E-state index contributed by atoms with van der Waals surface area (Å²) in [4.78, 5) is 0.747. The van der Waals surface area contributed by atoms with Crippen molar-refractivity contribution in [3.8, 4) is 5.75 Å². The number of rotatable bonds is 4. The number of nitrogens with zero attached hydrogens (tertiary/aromatic N) is 2. The highest BCUT2D eigenvalue weighted by Gasteiger charge is 2.31. The van der Waals surface area contributed by atoms with Crippen molar-refractivity contribution in [2.24, 2.45) is 5.73 Å². The standard InChI is InChI=1S/C12H12F3N3OS/c1-2-9-11(20-18-17-9)10(16)7-4-3-5-8(6-7)19-12(13,14)15/h3-6,10H,2,16H2,1H3. The second kappa shape index (κ2) is 5.76. The van der Waals surface area contributed by atoms with Crippen molar-refractivity contribution < 1.29 is 17.9 Å². The van der Waals surface area contributed by atoms with E-state index in [1.54, 1.807) is 6.07 Å². The van der Waals surface area contributed by atoms with E-state index in [2.05, 4.69) is 14.3 Å². The van der Waals surface area contributed by atoms with Crippen molar-refractivity contribution >= 4 is 11.5 Å². The highest BCUT2D eigenvalue weighted by Crippen LogP contribution is 2.29. The van der Waals surface area contributed by atoms with Crippen LogP contribution in [0.1, 0.15) is 29.1 Å². The van der Waals surface area contributed by atoms with Crippen LogP contribution in [-0.4, -0.2) is 15.9 Å². The summed E-state index contributed by atoms with van der Waals surface area (Å²) in [5, 5.41) is 3.94. The zero-order chi connectivity index (χ0) is 14.8. The minimum Gasteiger partial charge on any atom is -0.406 e. The summed E-state index contributed by atoms with van der Waals surface area (Å²) in [6.07, 6.45) is -4.05. The topological polar surface area (TPSA) is 61.0 Å². The number of aryl methyl sites for hydroxylation is 1. The van der Waals surface area contributed by atoms with Crippen molar-refractivity contribution in [2.75, 3.05) is 0 Å². The van der Waals surface area contributed by atoms with Crippen LogP contribution in [0.2, 0.25) is 0 Å². The molecule has 0 fully saturated rings. The van der Waals surface area contributed by atoms with E-state index in [9.17, 15) is 13.2 Å². The third-order valence-corrected chi connectivity index (χ3v) is 3.50. The van der Waals surface area contributed by atoms with Crippen LogP contribution < -0.4 is 10.5 Å². The van der Waals surface area contributed by atoms with Crippen molar-refractivity contribution in [1.29, 1.82) is 0 Å². The van der Waals surface area contributed by atoms with E-state index >= 15 is 0 Å². The molecule has 20 heavy (non-hydrogen) atoms. The van der Waals surface area contributed by atoms with E-state index in [-0.39, 0.29) is 5.75 Å². The lowest BCUT2D eigenvalue weighted by atomic mass is 10.0. The molecule has 0 saturated carbocycles. The number of halogens is 3. The number of nitrogens with two attached hydrogens (primary N) is 1. The molecule has 0 aliphatic carbocycles. The van der Waals surface area contributed by atoms with Gasteiger partial charge in [0.15, 0.2) is 0 Å². The number of hydrogen-bond donors (Lipinski definition) is 1. The van der Waals surface area contributed by atoms with Crippen LogP contribution in [0.4, 0.5) is 13.2 Å². The molecule has 0 radical (unpaired) electrons. The number of benzene rings is 1. The molecule has 1 unspecified atom stereocenters. The minimum atomic E-state index is -4.72. The maximum atomic E-state index is 12.2. The summed E-state index contributed by atoms with van der Waals surface area (Å²) >= 11 is 1.15. The lowest BCUT2D eigenvalue weighted by Gasteiger charge is -2.13. The highest BCUT2D eigenvalue weighted by atomic mass is 32.1. The van der Waals surface area contributed by atoms with Crippen LogP contribution in [0.25, 0.3) is 0 Å². The maximum Gasteiger partial charge on any atom is 0.573 e. The molecule has 0 saturated heterocycles. The molecule has 0 aliphatic rings. The molecule has 0 bridgehead atoms. The fraction of sp³-hybridized carbons (Fsp3) is 0.333. The number of hydrogen-bond acceptors (Lipinski definition) is 5. The summed E-state index contributed by atoms with van der Waals surface area (Å²) in [6, 6.07) is 5.05. The van der Waals surface area contributed by atoms with Crippen LogP contribution in [0.3, 0.4) is 0 Å². The van der Waals surface area contributed by atoms with Crippen molar-refractivity contribution in [3.63, 3.8) is 0 Å². The van der Waals surface area contributed by atoms with Crippen LogP contribution in [0, 0.1) is 0 Å². The van der Waals surface area contributed by atoms with Gasteiger partial charge in [0.25, 0.3) is 0 Å². The summed E-state index contributed by atoms with van der Waals surface area (Å²) < 4.78 is 44.3. The van der Waals surface area contributed by atoms with Gasteiger partial charge in [0.2, 0.25) is 0 Å². The first-order chi connectivity index (χ1) is 9.40. The molecule has 1 heterocycles. The van der Waals surface area contributed by atoms with E-state index < -0.39 is 12.4 Å². The average Bonchev–Trinajstić information content (AvgIpc) is 2.84. The van der Waals surface area contributed by atoms with Crippen molar-refractivity contribution in [2.45, 2.75) is 25.7 Å². The van der Waals surface area contributed by atoms with Gasteiger partial charge >= 0.3 is 6.36 Å². The summed E-state index contributed by atoms with van der Waals surface area (Å²) in [7, 11) is 0. The van der Waals surface area contributed by atoms with Gasteiger partial charge in [0.05, 0.1) is 16.6 Å². The summed E-state index contributed by atoms with van der Waals surface area (Å²) in [5.74, 6) is -0.291. The lowest BCUT2D eigenvalue weighted by molar-refractivity contribution is -0.274. The van der Waals surface area contributed by atoms with Crippen LogP contribution in [-0.2, 0) is 6.42 Å². The van der Waals surface area contributed by atoms with Gasteiger partial charge in [0, 0.05) is 0 Å². The molecule has 2 aromatic rings. The van der Waals surface area contributed by atoms with Gasteiger partial charge in [-0.05, 0) is 35.6 Å². The molecule has 1 aromatic carbocycles. The monoisotopic (exact) mass is 303 g/mol. The number of aromatic nitrogens is 2. The maximum absolute atomic E-state index is 12.2. The second-order valence-electron chi connectivity index (χ2n) is 4.04. The van der Waals surface area contributed by atoms with Crippen LogP contribution in [0.15, 0.2) is 24.3 Å². The first-order valence-corrected chi connectivity index (χ1v) is 6.60. The second-order valence-corrected chi connectivity index (χ2v) is 4.82. The predicted molar refractivity (Wildman–Crippen MR) is 68.4 cm³/mol. The van der Waals surface area contributed by atoms with Gasteiger partial charge in [-0.3, -0.25) is 0 Å². The molecular formula is C12H12F3N3OS. The van der Waals surface area contributed by atoms with Gasteiger partial charge in [-0.25, -0.2) is 0 Å². The highest BCUT2D eigenvalue weighted by molar-refractivity contribution is 7.05. The van der Waals surface area contributed by atoms with E-state index in [1.807, 2.05) is 6.92 Å². The molecule has 1 atom stereocenters. The zero-order valence-corrected chi connectivity index (χ0v) is 11.3. The molecule has 0 aliphatic heterocycles. The van der Waals surface area contributed by atoms with Crippen LogP contribution in [0.5, 0.6) is 5.75 Å². The molecule has 0 amide bonds. The fourth-order valence-electron chi connectivity index (χ4n) is 1.75. The molecular weight excluding hydrogens is 291 g/mol. The van der Waals surface area contributed by atoms with E-state index in [0.717, 1.165) is 22.1 Å².